The molecule has 19 heavy (non-hydrogen) atoms. The lowest BCUT2D eigenvalue weighted by molar-refractivity contribution is -0.175. The molecule has 1 fully saturated rings. The van der Waals surface area contributed by atoms with E-state index in [4.69, 9.17) is 11.6 Å². The minimum Gasteiger partial charge on any atom is -0.372 e. The summed E-state index contributed by atoms with van der Waals surface area (Å²) in [5, 5.41) is 0. The lowest BCUT2D eigenvalue weighted by Gasteiger charge is -2.28. The summed E-state index contributed by atoms with van der Waals surface area (Å²) in [5.41, 5.74) is 0. The molecular formula is C12H19ClF3NO2. The van der Waals surface area contributed by atoms with Crippen LogP contribution >= 0.6 is 11.6 Å². The third-order valence-corrected chi connectivity index (χ3v) is 3.31. The second kappa shape index (κ2) is 7.94. The molecule has 3 nitrogen and oxygen atoms in total. The van der Waals surface area contributed by atoms with Gasteiger partial charge in [0.15, 0.2) is 0 Å². The van der Waals surface area contributed by atoms with Crippen LogP contribution in [0.4, 0.5) is 13.2 Å². The number of alkyl halides is 4. The van der Waals surface area contributed by atoms with Crippen molar-refractivity contribution in [3.8, 4) is 0 Å². The van der Waals surface area contributed by atoms with Crippen LogP contribution in [-0.4, -0.2) is 48.7 Å². The van der Waals surface area contributed by atoms with Gasteiger partial charge in [-0.25, -0.2) is 0 Å². The van der Waals surface area contributed by atoms with Crippen LogP contribution < -0.4 is 0 Å². The van der Waals surface area contributed by atoms with Gasteiger partial charge in [0.25, 0.3) is 0 Å². The highest BCUT2D eigenvalue weighted by molar-refractivity contribution is 6.18. The highest BCUT2D eigenvalue weighted by Crippen LogP contribution is 2.24. The molecule has 1 aliphatic rings. The fourth-order valence-electron chi connectivity index (χ4n) is 2.31. The van der Waals surface area contributed by atoms with Crippen LogP contribution in [0.5, 0.6) is 0 Å². The summed E-state index contributed by atoms with van der Waals surface area (Å²) in [6, 6.07) is 0.189. The molecule has 0 aliphatic heterocycles. The molecule has 0 saturated heterocycles. The van der Waals surface area contributed by atoms with Crippen molar-refractivity contribution in [2.45, 2.75) is 44.3 Å². The molecule has 1 amide bonds. The maximum absolute atomic E-state index is 12.0. The zero-order valence-electron chi connectivity index (χ0n) is 10.7. The Kier molecular flexibility index (Phi) is 6.93. The van der Waals surface area contributed by atoms with Gasteiger partial charge in [0.2, 0.25) is 5.91 Å². The maximum atomic E-state index is 12.0. The van der Waals surface area contributed by atoms with Crippen LogP contribution in [-0.2, 0) is 9.53 Å². The highest BCUT2D eigenvalue weighted by Gasteiger charge is 2.28. The molecular weight excluding hydrogens is 283 g/mol. The molecule has 0 bridgehead atoms. The van der Waals surface area contributed by atoms with Crippen LogP contribution in [0.25, 0.3) is 0 Å². The number of carbonyl (C=O) groups is 1. The summed E-state index contributed by atoms with van der Waals surface area (Å²) in [6.45, 7) is -1.06. The van der Waals surface area contributed by atoms with E-state index in [9.17, 15) is 18.0 Å². The van der Waals surface area contributed by atoms with Crippen LogP contribution in [0.2, 0.25) is 0 Å². The van der Waals surface area contributed by atoms with E-state index in [2.05, 4.69) is 4.74 Å². The van der Waals surface area contributed by atoms with E-state index in [1.54, 1.807) is 4.90 Å². The van der Waals surface area contributed by atoms with E-state index in [1.807, 2.05) is 0 Å². The number of carbonyl (C=O) groups excluding carboxylic acids is 1. The van der Waals surface area contributed by atoms with E-state index in [-0.39, 0.29) is 25.0 Å². The van der Waals surface area contributed by atoms with Gasteiger partial charge in [-0.05, 0) is 12.8 Å². The zero-order chi connectivity index (χ0) is 14.3. The Morgan fingerprint density at radius 3 is 2.47 bits per heavy atom. The second-order valence-corrected chi connectivity index (χ2v) is 5.01. The molecule has 1 saturated carbocycles. The first-order chi connectivity index (χ1) is 8.94. The number of nitrogens with zero attached hydrogens (tertiary/aromatic N) is 1. The quantitative estimate of drug-likeness (QED) is 0.534. The van der Waals surface area contributed by atoms with Gasteiger partial charge in [-0.2, -0.15) is 13.2 Å². The molecule has 0 spiro atoms. The summed E-state index contributed by atoms with van der Waals surface area (Å²) >= 11 is 5.67. The monoisotopic (exact) mass is 301 g/mol. The normalized spacial score (nSPS) is 16.8. The summed E-state index contributed by atoms with van der Waals surface area (Å²) < 4.78 is 40.1. The first-order valence-electron chi connectivity index (χ1n) is 6.44. The molecule has 0 heterocycles. The van der Waals surface area contributed by atoms with Gasteiger partial charge >= 0.3 is 6.18 Å². The number of hydrogen-bond acceptors (Lipinski definition) is 2. The molecule has 0 atom stereocenters. The maximum Gasteiger partial charge on any atom is 0.411 e. The lowest BCUT2D eigenvalue weighted by Crippen LogP contribution is -2.40. The molecule has 0 aromatic rings. The Labute approximate surface area is 116 Å². The molecule has 0 N–H and O–H groups in total. The van der Waals surface area contributed by atoms with Crippen molar-refractivity contribution >= 4 is 17.5 Å². The fourth-order valence-corrected chi connectivity index (χ4v) is 2.49. The number of halogens is 4. The largest absolute Gasteiger partial charge is 0.411 e. The van der Waals surface area contributed by atoms with Gasteiger partial charge in [-0.1, -0.05) is 12.8 Å². The molecule has 1 rings (SSSR count). The summed E-state index contributed by atoms with van der Waals surface area (Å²) in [4.78, 5) is 13.6. The van der Waals surface area contributed by atoms with Gasteiger partial charge in [0.05, 0.1) is 13.0 Å². The van der Waals surface area contributed by atoms with E-state index in [0.29, 0.717) is 12.4 Å². The van der Waals surface area contributed by atoms with Gasteiger partial charge in [0, 0.05) is 18.5 Å². The average Bonchev–Trinajstić information content (AvgIpc) is 2.83. The topological polar surface area (TPSA) is 29.5 Å². The van der Waals surface area contributed by atoms with Gasteiger partial charge in [-0.15, -0.1) is 11.6 Å². The molecule has 7 heteroatoms. The predicted octanol–water partition coefficient (Wildman–Crippen LogP) is 2.97. The summed E-state index contributed by atoms with van der Waals surface area (Å²) in [5.74, 6) is 0.167. The van der Waals surface area contributed by atoms with Crippen molar-refractivity contribution in [2.75, 3.05) is 25.6 Å². The SMILES string of the molecule is O=C(CCOCC(F)(F)F)N(CCCl)C1CCCC1. The molecule has 0 aromatic heterocycles. The minimum atomic E-state index is -4.34. The van der Waals surface area contributed by atoms with Crippen molar-refractivity contribution in [1.82, 2.24) is 4.90 Å². The molecule has 0 unspecified atom stereocenters. The third kappa shape index (κ3) is 6.47. The first-order valence-corrected chi connectivity index (χ1v) is 6.97. The van der Waals surface area contributed by atoms with E-state index >= 15 is 0 Å². The summed E-state index contributed by atoms with van der Waals surface area (Å²) in [7, 11) is 0. The van der Waals surface area contributed by atoms with Crippen LogP contribution in [0, 0.1) is 0 Å². The Balaban J connectivity index is 2.31. The molecule has 112 valence electrons. The fraction of sp³-hybridized carbons (Fsp3) is 0.917. The zero-order valence-corrected chi connectivity index (χ0v) is 11.5. The van der Waals surface area contributed by atoms with Crippen molar-refractivity contribution in [1.29, 1.82) is 0 Å². The first kappa shape index (κ1) is 16.6. The Morgan fingerprint density at radius 2 is 1.95 bits per heavy atom. The smallest absolute Gasteiger partial charge is 0.372 e. The molecule has 0 radical (unpaired) electrons. The Bertz CT molecular complexity index is 281. The average molecular weight is 302 g/mol. The minimum absolute atomic E-state index is 0.0243. The van der Waals surface area contributed by atoms with Crippen molar-refractivity contribution in [3.05, 3.63) is 0 Å². The second-order valence-electron chi connectivity index (χ2n) is 4.63. The third-order valence-electron chi connectivity index (χ3n) is 3.14. The molecule has 0 aromatic carbocycles. The number of amides is 1. The molecule has 1 aliphatic carbocycles. The Morgan fingerprint density at radius 1 is 1.32 bits per heavy atom. The summed E-state index contributed by atoms with van der Waals surface area (Å²) in [6.07, 6.45) is -0.297. The van der Waals surface area contributed by atoms with Crippen LogP contribution in [0.3, 0.4) is 0 Å². The van der Waals surface area contributed by atoms with Crippen LogP contribution in [0.15, 0.2) is 0 Å². The van der Waals surface area contributed by atoms with Gasteiger partial charge in [-0.3, -0.25) is 4.79 Å². The lowest BCUT2D eigenvalue weighted by atomic mass is 10.2. The Hall–Kier alpha value is -0.490. The van der Waals surface area contributed by atoms with Crippen LogP contribution in [0.1, 0.15) is 32.1 Å². The van der Waals surface area contributed by atoms with Crippen molar-refractivity contribution < 1.29 is 22.7 Å². The predicted molar refractivity (Wildman–Crippen MR) is 66.2 cm³/mol. The van der Waals surface area contributed by atoms with E-state index in [1.165, 1.54) is 0 Å². The number of hydrogen-bond donors (Lipinski definition) is 0. The highest BCUT2D eigenvalue weighted by atomic mass is 35.5. The van der Waals surface area contributed by atoms with Gasteiger partial charge in [0.1, 0.15) is 6.61 Å². The van der Waals surface area contributed by atoms with E-state index in [0.717, 1.165) is 25.7 Å². The van der Waals surface area contributed by atoms with Crippen molar-refractivity contribution in [2.24, 2.45) is 0 Å². The number of ether oxygens (including phenoxy) is 1. The van der Waals surface area contributed by atoms with Gasteiger partial charge < -0.3 is 9.64 Å². The van der Waals surface area contributed by atoms with Crippen molar-refractivity contribution in [3.63, 3.8) is 0 Å². The number of rotatable bonds is 7. The van der Waals surface area contributed by atoms with E-state index < -0.39 is 12.8 Å². The standard InChI is InChI=1S/C12H19ClF3NO2/c13-6-7-17(10-3-1-2-4-10)11(18)5-8-19-9-12(14,15)16/h10H,1-9H2.